The van der Waals surface area contributed by atoms with E-state index >= 15 is 0 Å². The average molecular weight is 360 g/mol. The second-order valence-electron chi connectivity index (χ2n) is 4.25. The van der Waals surface area contributed by atoms with Gasteiger partial charge in [0.25, 0.3) is 10.0 Å². The van der Waals surface area contributed by atoms with Crippen molar-refractivity contribution >= 4 is 44.9 Å². The fourth-order valence-electron chi connectivity index (χ4n) is 1.62. The van der Waals surface area contributed by atoms with Crippen molar-refractivity contribution in [2.24, 2.45) is 0 Å². The molecule has 0 aromatic heterocycles. The maximum Gasteiger partial charge on any atom is 0.330 e. The Bertz CT molecular complexity index is 773. The second kappa shape index (κ2) is 6.56. The van der Waals surface area contributed by atoms with Crippen LogP contribution in [0.25, 0.3) is 0 Å². The van der Waals surface area contributed by atoms with Gasteiger partial charge in [0.1, 0.15) is 0 Å². The highest BCUT2D eigenvalue weighted by molar-refractivity contribution is 7.92. The first-order valence-corrected chi connectivity index (χ1v) is 8.25. The summed E-state index contributed by atoms with van der Waals surface area (Å²) < 4.78 is 25.8. The molecule has 0 radical (unpaired) electrons. The number of hydrogen-bond donors (Lipinski definition) is 0. The van der Waals surface area contributed by atoms with Crippen LogP contribution in [0.5, 0.6) is 0 Å². The van der Waals surface area contributed by atoms with Crippen LogP contribution in [-0.4, -0.2) is 14.4 Å². The van der Waals surface area contributed by atoms with Gasteiger partial charge < -0.3 is 4.84 Å². The number of sulfonamides is 1. The van der Waals surface area contributed by atoms with Gasteiger partial charge in [0.2, 0.25) is 0 Å². The Kier molecular flexibility index (Phi) is 4.95. The lowest BCUT2D eigenvalue weighted by Gasteiger charge is -2.22. The van der Waals surface area contributed by atoms with Crippen LogP contribution in [0.4, 0.5) is 5.69 Å². The molecule has 0 fully saturated rings. The van der Waals surface area contributed by atoms with Crippen molar-refractivity contribution in [1.82, 2.24) is 0 Å². The summed E-state index contributed by atoms with van der Waals surface area (Å²) in [6.45, 7) is 1.11. The molecule has 0 atom stereocenters. The predicted molar refractivity (Wildman–Crippen MR) is 84.3 cm³/mol. The summed E-state index contributed by atoms with van der Waals surface area (Å²) in [6.07, 6.45) is 0. The van der Waals surface area contributed by atoms with Gasteiger partial charge in [-0.2, -0.15) is 8.42 Å². The summed E-state index contributed by atoms with van der Waals surface area (Å²) in [7, 11) is -4.09. The highest BCUT2D eigenvalue weighted by atomic mass is 35.5. The molecule has 0 unspecified atom stereocenters. The van der Waals surface area contributed by atoms with Crippen LogP contribution in [-0.2, 0) is 19.7 Å². The standard InChI is InChI=1S/C14H11Cl2NO4S/c1-10(18)21-17(13-6-2-11(15)3-7-13)22(19,20)14-8-4-12(16)5-9-14/h2-9H,1H3. The van der Waals surface area contributed by atoms with Gasteiger partial charge in [-0.25, -0.2) is 4.79 Å². The molecule has 0 amide bonds. The van der Waals surface area contributed by atoms with Crippen molar-refractivity contribution in [1.29, 1.82) is 0 Å². The van der Waals surface area contributed by atoms with E-state index in [0.717, 1.165) is 6.92 Å². The molecular formula is C14H11Cl2NO4S. The van der Waals surface area contributed by atoms with Crippen LogP contribution >= 0.6 is 23.2 Å². The van der Waals surface area contributed by atoms with Gasteiger partial charge >= 0.3 is 5.97 Å². The normalized spacial score (nSPS) is 11.0. The van der Waals surface area contributed by atoms with Crippen molar-refractivity contribution in [2.75, 3.05) is 4.47 Å². The van der Waals surface area contributed by atoms with E-state index in [1.165, 1.54) is 48.5 Å². The van der Waals surface area contributed by atoms with Crippen LogP contribution < -0.4 is 4.47 Å². The number of carbonyl (C=O) groups is 1. The quantitative estimate of drug-likeness (QED) is 0.781. The minimum Gasteiger partial charge on any atom is -0.326 e. The molecule has 0 N–H and O–H groups in total. The molecule has 2 aromatic rings. The van der Waals surface area contributed by atoms with Crippen LogP contribution in [0.1, 0.15) is 6.92 Å². The maximum absolute atomic E-state index is 12.6. The number of nitrogens with zero attached hydrogens (tertiary/aromatic N) is 1. The molecule has 0 aliphatic heterocycles. The number of halogens is 2. The van der Waals surface area contributed by atoms with E-state index in [2.05, 4.69) is 0 Å². The summed E-state index contributed by atoms with van der Waals surface area (Å²) in [6, 6.07) is 11.4. The summed E-state index contributed by atoms with van der Waals surface area (Å²) in [5.74, 6) is -0.771. The first kappa shape index (κ1) is 16.6. The minimum atomic E-state index is -4.09. The lowest BCUT2D eigenvalue weighted by Crippen LogP contribution is -2.33. The van der Waals surface area contributed by atoms with Gasteiger partial charge in [0.15, 0.2) is 0 Å². The summed E-state index contributed by atoms with van der Waals surface area (Å²) in [5, 5.41) is 0.819. The lowest BCUT2D eigenvalue weighted by molar-refractivity contribution is -0.140. The molecule has 5 nitrogen and oxygen atoms in total. The highest BCUT2D eigenvalue weighted by Gasteiger charge is 2.28. The number of rotatable bonds is 4. The van der Waals surface area contributed by atoms with Gasteiger partial charge in [-0.1, -0.05) is 27.7 Å². The molecule has 0 aliphatic rings. The Balaban J connectivity index is 2.50. The average Bonchev–Trinajstić information content (AvgIpc) is 2.46. The molecule has 2 aromatic carbocycles. The fraction of sp³-hybridized carbons (Fsp3) is 0.0714. The zero-order valence-corrected chi connectivity index (χ0v) is 13.7. The monoisotopic (exact) mass is 359 g/mol. The first-order chi connectivity index (χ1) is 10.3. The highest BCUT2D eigenvalue weighted by Crippen LogP contribution is 2.26. The minimum absolute atomic E-state index is 0.0619. The van der Waals surface area contributed by atoms with Crippen LogP contribution in [0.2, 0.25) is 10.0 Å². The Morgan fingerprint density at radius 1 is 0.955 bits per heavy atom. The van der Waals surface area contributed by atoms with Gasteiger partial charge in [0, 0.05) is 17.0 Å². The summed E-state index contributed by atoms with van der Waals surface area (Å²) in [4.78, 5) is 16.0. The third-order valence-corrected chi connectivity index (χ3v) is 4.67. The second-order valence-corrected chi connectivity index (χ2v) is 6.87. The van der Waals surface area contributed by atoms with Crippen molar-refractivity contribution in [3.63, 3.8) is 0 Å². The van der Waals surface area contributed by atoms with Crippen molar-refractivity contribution in [2.45, 2.75) is 11.8 Å². The molecule has 8 heteroatoms. The van der Waals surface area contributed by atoms with Crippen LogP contribution in [0.3, 0.4) is 0 Å². The van der Waals surface area contributed by atoms with Crippen molar-refractivity contribution in [3.8, 4) is 0 Å². The molecule has 0 aliphatic carbocycles. The number of carbonyl (C=O) groups excluding carboxylic acids is 1. The molecule has 116 valence electrons. The van der Waals surface area contributed by atoms with Crippen molar-refractivity contribution < 1.29 is 18.0 Å². The van der Waals surface area contributed by atoms with E-state index in [1.807, 2.05) is 0 Å². The van der Waals surface area contributed by atoms with E-state index in [0.29, 0.717) is 14.5 Å². The topological polar surface area (TPSA) is 63.7 Å². The van der Waals surface area contributed by atoms with E-state index in [4.69, 9.17) is 28.0 Å². The molecular weight excluding hydrogens is 349 g/mol. The molecule has 22 heavy (non-hydrogen) atoms. The van der Waals surface area contributed by atoms with E-state index in [9.17, 15) is 13.2 Å². The third kappa shape index (κ3) is 3.71. The Hall–Kier alpha value is -1.76. The van der Waals surface area contributed by atoms with Gasteiger partial charge in [-0.3, -0.25) is 0 Å². The smallest absolute Gasteiger partial charge is 0.326 e. The predicted octanol–water partition coefficient (Wildman–Crippen LogP) is 3.67. The van der Waals surface area contributed by atoms with Crippen LogP contribution in [0, 0.1) is 0 Å². The fourth-order valence-corrected chi connectivity index (χ4v) is 3.15. The van der Waals surface area contributed by atoms with Gasteiger partial charge in [-0.05, 0) is 48.5 Å². The summed E-state index contributed by atoms with van der Waals surface area (Å²) in [5.41, 5.74) is 0.148. The third-order valence-electron chi connectivity index (χ3n) is 2.58. The van der Waals surface area contributed by atoms with E-state index in [-0.39, 0.29) is 10.6 Å². The van der Waals surface area contributed by atoms with Crippen LogP contribution in [0.15, 0.2) is 53.4 Å². The number of benzene rings is 2. The van der Waals surface area contributed by atoms with Gasteiger partial charge in [-0.15, -0.1) is 0 Å². The molecule has 0 saturated heterocycles. The molecule has 2 rings (SSSR count). The molecule has 0 heterocycles. The van der Waals surface area contributed by atoms with E-state index < -0.39 is 16.0 Å². The first-order valence-electron chi connectivity index (χ1n) is 6.06. The zero-order valence-electron chi connectivity index (χ0n) is 11.4. The maximum atomic E-state index is 12.6. The van der Waals surface area contributed by atoms with E-state index in [1.54, 1.807) is 0 Å². The molecule has 0 bridgehead atoms. The van der Waals surface area contributed by atoms with Crippen molar-refractivity contribution in [3.05, 3.63) is 58.6 Å². The zero-order chi connectivity index (χ0) is 16.3. The lowest BCUT2D eigenvalue weighted by atomic mass is 10.3. The number of anilines is 1. The Labute approximate surface area is 138 Å². The molecule has 0 spiro atoms. The molecule has 0 saturated carbocycles. The number of hydrogen-bond acceptors (Lipinski definition) is 4. The van der Waals surface area contributed by atoms with Gasteiger partial charge in [0.05, 0.1) is 10.6 Å². The largest absolute Gasteiger partial charge is 0.330 e. The summed E-state index contributed by atoms with van der Waals surface area (Å²) >= 11 is 11.5. The SMILES string of the molecule is CC(=O)ON(c1ccc(Cl)cc1)S(=O)(=O)c1ccc(Cl)cc1. The Morgan fingerprint density at radius 2 is 1.41 bits per heavy atom. The Morgan fingerprint density at radius 3 is 1.86 bits per heavy atom.